The zero-order chi connectivity index (χ0) is 14.8. The quantitative estimate of drug-likeness (QED) is 0.840. The molecule has 1 saturated heterocycles. The molecular formula is C14H19N3O2S2. The Bertz CT molecular complexity index is 535. The number of fused-ring (bicyclic) bond motifs is 1. The SMILES string of the molecule is CNC(=O)C1CNCCN1C(=O)c1cc2c(s1)CCSC2. The van der Waals surface area contributed by atoms with E-state index in [1.807, 2.05) is 17.8 Å². The van der Waals surface area contributed by atoms with Crippen LogP contribution in [0.15, 0.2) is 6.07 Å². The molecule has 0 bridgehead atoms. The van der Waals surface area contributed by atoms with Gasteiger partial charge in [0.1, 0.15) is 6.04 Å². The van der Waals surface area contributed by atoms with Crippen LogP contribution in [0.3, 0.4) is 0 Å². The third-order valence-electron chi connectivity index (χ3n) is 3.89. The number of aryl methyl sites for hydroxylation is 1. The van der Waals surface area contributed by atoms with Gasteiger partial charge in [-0.1, -0.05) is 0 Å². The third kappa shape index (κ3) is 2.95. The molecule has 5 nitrogen and oxygen atoms in total. The summed E-state index contributed by atoms with van der Waals surface area (Å²) >= 11 is 3.52. The number of thioether (sulfide) groups is 1. The van der Waals surface area contributed by atoms with E-state index in [0.29, 0.717) is 13.1 Å². The minimum atomic E-state index is -0.412. The number of hydrogen-bond acceptors (Lipinski definition) is 5. The van der Waals surface area contributed by atoms with Gasteiger partial charge in [0.2, 0.25) is 5.91 Å². The topological polar surface area (TPSA) is 61.4 Å². The largest absolute Gasteiger partial charge is 0.357 e. The minimum Gasteiger partial charge on any atom is -0.357 e. The summed E-state index contributed by atoms with van der Waals surface area (Å²) in [5, 5.41) is 5.83. The summed E-state index contributed by atoms with van der Waals surface area (Å²) in [6.45, 7) is 1.83. The van der Waals surface area contributed by atoms with Crippen molar-refractivity contribution in [3.05, 3.63) is 21.4 Å². The first-order chi connectivity index (χ1) is 10.2. The molecule has 2 amide bonds. The molecule has 114 valence electrons. The maximum Gasteiger partial charge on any atom is 0.264 e. The lowest BCUT2D eigenvalue weighted by molar-refractivity contribution is -0.125. The van der Waals surface area contributed by atoms with Gasteiger partial charge >= 0.3 is 0 Å². The lowest BCUT2D eigenvalue weighted by atomic mass is 10.1. The van der Waals surface area contributed by atoms with Gasteiger partial charge in [0.25, 0.3) is 5.91 Å². The van der Waals surface area contributed by atoms with Gasteiger partial charge in [-0.15, -0.1) is 11.3 Å². The molecule has 0 spiro atoms. The van der Waals surface area contributed by atoms with Crippen molar-refractivity contribution >= 4 is 34.9 Å². The minimum absolute atomic E-state index is 0.00509. The Morgan fingerprint density at radius 3 is 3.10 bits per heavy atom. The number of carbonyl (C=O) groups excluding carboxylic acids is 2. The van der Waals surface area contributed by atoms with E-state index in [2.05, 4.69) is 10.6 Å². The predicted octanol–water partition coefficient (Wildman–Crippen LogP) is 0.697. The van der Waals surface area contributed by atoms with Gasteiger partial charge in [-0.3, -0.25) is 9.59 Å². The number of hydrogen-bond donors (Lipinski definition) is 2. The third-order valence-corrected chi connectivity index (χ3v) is 6.12. The number of nitrogens with one attached hydrogen (secondary N) is 2. The van der Waals surface area contributed by atoms with Crippen LogP contribution in [0.5, 0.6) is 0 Å². The van der Waals surface area contributed by atoms with Crippen molar-refractivity contribution < 1.29 is 9.59 Å². The fourth-order valence-corrected chi connectivity index (χ4v) is 5.07. The second-order valence-corrected chi connectivity index (χ2v) is 7.44. The van der Waals surface area contributed by atoms with Crippen LogP contribution >= 0.6 is 23.1 Å². The number of likely N-dealkylation sites (N-methyl/N-ethyl adjacent to an activating group) is 1. The highest BCUT2D eigenvalue weighted by molar-refractivity contribution is 7.98. The maximum atomic E-state index is 12.8. The number of rotatable bonds is 2. The van der Waals surface area contributed by atoms with Crippen LogP contribution in [0.2, 0.25) is 0 Å². The van der Waals surface area contributed by atoms with Gasteiger partial charge in [-0.05, 0) is 23.8 Å². The Labute approximate surface area is 132 Å². The Kier molecular flexibility index (Phi) is 4.51. The molecule has 1 atom stereocenters. The second-order valence-electron chi connectivity index (χ2n) is 5.19. The van der Waals surface area contributed by atoms with E-state index in [-0.39, 0.29) is 11.8 Å². The molecule has 3 rings (SSSR count). The molecule has 7 heteroatoms. The van der Waals surface area contributed by atoms with Crippen LogP contribution in [0.1, 0.15) is 20.1 Å². The van der Waals surface area contributed by atoms with Crippen LogP contribution in [0.4, 0.5) is 0 Å². The first-order valence-corrected chi connectivity index (χ1v) is 9.10. The number of carbonyl (C=O) groups is 2. The molecule has 0 saturated carbocycles. The van der Waals surface area contributed by atoms with Gasteiger partial charge in [0.15, 0.2) is 0 Å². The van der Waals surface area contributed by atoms with E-state index in [9.17, 15) is 9.59 Å². The first kappa shape index (κ1) is 14.9. The molecule has 0 radical (unpaired) electrons. The van der Waals surface area contributed by atoms with Crippen LogP contribution in [-0.2, 0) is 17.0 Å². The zero-order valence-corrected chi connectivity index (χ0v) is 13.6. The summed E-state index contributed by atoms with van der Waals surface area (Å²) in [4.78, 5) is 28.6. The molecule has 1 aromatic rings. The molecular weight excluding hydrogens is 306 g/mol. The standard InChI is InChI=1S/C14H19N3O2S2/c1-15-13(18)10-7-16-3-4-17(10)14(19)12-6-9-8-20-5-2-11(9)21-12/h6,10,16H,2-5,7-8H2,1H3,(H,15,18). The van der Waals surface area contributed by atoms with E-state index in [1.165, 1.54) is 10.4 Å². The number of amides is 2. The summed E-state index contributed by atoms with van der Waals surface area (Å²) in [5.41, 5.74) is 1.30. The Morgan fingerprint density at radius 1 is 1.48 bits per heavy atom. The van der Waals surface area contributed by atoms with Crippen molar-refractivity contribution in [1.82, 2.24) is 15.5 Å². The molecule has 1 unspecified atom stereocenters. The van der Waals surface area contributed by atoms with Gasteiger partial charge in [0.05, 0.1) is 4.88 Å². The highest BCUT2D eigenvalue weighted by atomic mass is 32.2. The van der Waals surface area contributed by atoms with Crippen molar-refractivity contribution in [1.29, 1.82) is 0 Å². The predicted molar refractivity (Wildman–Crippen MR) is 85.9 cm³/mol. The Morgan fingerprint density at radius 2 is 2.33 bits per heavy atom. The van der Waals surface area contributed by atoms with Crippen LogP contribution in [0, 0.1) is 0 Å². The van der Waals surface area contributed by atoms with Crippen molar-refractivity contribution in [2.75, 3.05) is 32.4 Å². The van der Waals surface area contributed by atoms with Crippen LogP contribution < -0.4 is 10.6 Å². The van der Waals surface area contributed by atoms with Gasteiger partial charge < -0.3 is 15.5 Å². The van der Waals surface area contributed by atoms with E-state index in [1.54, 1.807) is 23.3 Å². The fraction of sp³-hybridized carbons (Fsp3) is 0.571. The molecule has 21 heavy (non-hydrogen) atoms. The number of nitrogens with zero attached hydrogens (tertiary/aromatic N) is 1. The molecule has 1 fully saturated rings. The lowest BCUT2D eigenvalue weighted by Gasteiger charge is -2.34. The average Bonchev–Trinajstić information content (AvgIpc) is 2.97. The first-order valence-electron chi connectivity index (χ1n) is 7.13. The van der Waals surface area contributed by atoms with E-state index in [0.717, 1.165) is 29.3 Å². The Hall–Kier alpha value is -1.05. The molecule has 1 aromatic heterocycles. The van der Waals surface area contributed by atoms with Crippen molar-refractivity contribution in [3.8, 4) is 0 Å². The zero-order valence-electron chi connectivity index (χ0n) is 12.0. The molecule has 2 aliphatic rings. The number of thiophene rings is 1. The average molecular weight is 325 g/mol. The lowest BCUT2D eigenvalue weighted by Crippen LogP contribution is -2.59. The Balaban J connectivity index is 1.82. The second kappa shape index (κ2) is 6.37. The maximum absolute atomic E-state index is 12.8. The molecule has 3 heterocycles. The number of piperazine rings is 1. The smallest absolute Gasteiger partial charge is 0.264 e. The van der Waals surface area contributed by atoms with Crippen molar-refractivity contribution in [2.24, 2.45) is 0 Å². The molecule has 2 aliphatic heterocycles. The molecule has 0 aromatic carbocycles. The normalized spacial score (nSPS) is 21.8. The van der Waals surface area contributed by atoms with E-state index < -0.39 is 6.04 Å². The fourth-order valence-electron chi connectivity index (χ4n) is 2.74. The van der Waals surface area contributed by atoms with E-state index >= 15 is 0 Å². The summed E-state index contributed by atoms with van der Waals surface area (Å²) in [6.07, 6.45) is 1.05. The van der Waals surface area contributed by atoms with Crippen LogP contribution in [0.25, 0.3) is 0 Å². The molecule has 2 N–H and O–H groups in total. The van der Waals surface area contributed by atoms with Crippen molar-refractivity contribution in [3.63, 3.8) is 0 Å². The van der Waals surface area contributed by atoms with E-state index in [4.69, 9.17) is 0 Å². The highest BCUT2D eigenvalue weighted by Crippen LogP contribution is 2.32. The van der Waals surface area contributed by atoms with Crippen molar-refractivity contribution in [2.45, 2.75) is 18.2 Å². The van der Waals surface area contributed by atoms with Gasteiger partial charge in [-0.2, -0.15) is 11.8 Å². The van der Waals surface area contributed by atoms with Crippen LogP contribution in [-0.4, -0.2) is 55.2 Å². The molecule has 0 aliphatic carbocycles. The highest BCUT2D eigenvalue weighted by Gasteiger charge is 2.33. The summed E-state index contributed by atoms with van der Waals surface area (Å²) in [6, 6.07) is 1.61. The summed E-state index contributed by atoms with van der Waals surface area (Å²) in [5.74, 6) is 2.02. The van der Waals surface area contributed by atoms with Gasteiger partial charge in [0, 0.05) is 37.3 Å². The van der Waals surface area contributed by atoms with Gasteiger partial charge in [-0.25, -0.2) is 0 Å². The summed E-state index contributed by atoms with van der Waals surface area (Å²) < 4.78 is 0. The summed E-state index contributed by atoms with van der Waals surface area (Å²) in [7, 11) is 1.61. The monoisotopic (exact) mass is 325 g/mol.